The third kappa shape index (κ3) is 3.73. The van der Waals surface area contributed by atoms with E-state index in [9.17, 15) is 4.79 Å². The fraction of sp³-hybridized carbons (Fsp3) is 0.400. The number of aromatic nitrogens is 4. The Kier molecular flexibility index (Phi) is 5.30. The summed E-state index contributed by atoms with van der Waals surface area (Å²) in [5, 5.41) is 8.57. The monoisotopic (exact) mass is 397 g/mol. The molecule has 3 aromatic rings. The number of rotatable bonds is 6. The molecule has 3 aromatic heterocycles. The summed E-state index contributed by atoms with van der Waals surface area (Å²) in [5.74, 6) is 0.969. The highest BCUT2D eigenvalue weighted by Crippen LogP contribution is 2.25. The molecule has 4 heterocycles. The van der Waals surface area contributed by atoms with Crippen molar-refractivity contribution in [3.63, 3.8) is 0 Å². The topological polar surface area (TPSA) is 95.5 Å². The summed E-state index contributed by atoms with van der Waals surface area (Å²) in [6.07, 6.45) is 2.39. The van der Waals surface area contributed by atoms with E-state index in [-0.39, 0.29) is 12.5 Å². The van der Waals surface area contributed by atoms with E-state index in [0.29, 0.717) is 49.0 Å². The van der Waals surface area contributed by atoms with Gasteiger partial charge in [-0.25, -0.2) is 4.98 Å². The highest BCUT2D eigenvalue weighted by atomic mass is 16.5. The van der Waals surface area contributed by atoms with E-state index < -0.39 is 0 Å². The van der Waals surface area contributed by atoms with Gasteiger partial charge in [-0.1, -0.05) is 11.2 Å². The molecule has 4 rings (SSSR count). The van der Waals surface area contributed by atoms with Crippen LogP contribution in [-0.2, 0) is 38.0 Å². The summed E-state index contributed by atoms with van der Waals surface area (Å²) in [4.78, 5) is 19.0. The molecule has 0 fully saturated rings. The SMILES string of the molecule is COCc1c(C(=O)N2CCc3c(c(COc4ccccn4)nn3C)C2)noc1C. The van der Waals surface area contributed by atoms with E-state index in [1.165, 1.54) is 0 Å². The van der Waals surface area contributed by atoms with Crippen molar-refractivity contribution < 1.29 is 18.8 Å². The maximum absolute atomic E-state index is 13.1. The minimum absolute atomic E-state index is 0.167. The number of nitrogens with zero attached hydrogens (tertiary/aromatic N) is 5. The second kappa shape index (κ2) is 8.04. The number of carbonyl (C=O) groups is 1. The summed E-state index contributed by atoms with van der Waals surface area (Å²) in [7, 11) is 3.50. The molecule has 0 saturated carbocycles. The molecule has 9 nitrogen and oxygen atoms in total. The predicted octanol–water partition coefficient (Wildman–Crippen LogP) is 2.04. The summed E-state index contributed by atoms with van der Waals surface area (Å²) in [6.45, 7) is 3.39. The molecule has 0 aromatic carbocycles. The number of carbonyl (C=O) groups excluding carboxylic acids is 1. The molecule has 0 radical (unpaired) electrons. The van der Waals surface area contributed by atoms with Crippen LogP contribution in [0.4, 0.5) is 0 Å². The van der Waals surface area contributed by atoms with Crippen LogP contribution in [0.25, 0.3) is 0 Å². The van der Waals surface area contributed by atoms with Crippen molar-refractivity contribution >= 4 is 5.91 Å². The number of fused-ring (bicyclic) bond motifs is 1. The predicted molar refractivity (Wildman–Crippen MR) is 102 cm³/mol. The van der Waals surface area contributed by atoms with Crippen molar-refractivity contribution in [2.75, 3.05) is 13.7 Å². The highest BCUT2D eigenvalue weighted by Gasteiger charge is 2.30. The zero-order chi connectivity index (χ0) is 20.4. The first-order chi connectivity index (χ1) is 14.1. The van der Waals surface area contributed by atoms with Gasteiger partial charge in [-0.15, -0.1) is 0 Å². The van der Waals surface area contributed by atoms with E-state index in [4.69, 9.17) is 14.0 Å². The molecule has 0 unspecified atom stereocenters. The number of hydrogen-bond donors (Lipinski definition) is 0. The molecule has 29 heavy (non-hydrogen) atoms. The smallest absolute Gasteiger partial charge is 0.276 e. The van der Waals surface area contributed by atoms with Gasteiger partial charge in [0.1, 0.15) is 18.1 Å². The van der Waals surface area contributed by atoms with Gasteiger partial charge in [-0.05, 0) is 13.0 Å². The van der Waals surface area contributed by atoms with Crippen LogP contribution in [0, 0.1) is 6.92 Å². The Morgan fingerprint density at radius 3 is 2.93 bits per heavy atom. The van der Waals surface area contributed by atoms with Gasteiger partial charge in [0.2, 0.25) is 5.88 Å². The van der Waals surface area contributed by atoms with Gasteiger partial charge in [0.15, 0.2) is 5.69 Å². The number of aryl methyl sites for hydroxylation is 2. The van der Waals surface area contributed by atoms with E-state index in [0.717, 1.165) is 17.0 Å². The molecule has 0 bridgehead atoms. The number of amides is 1. The fourth-order valence-electron chi connectivity index (χ4n) is 3.56. The Hall–Kier alpha value is -3.20. The molecule has 1 amide bonds. The minimum Gasteiger partial charge on any atom is -0.471 e. The Morgan fingerprint density at radius 2 is 2.17 bits per heavy atom. The molecule has 0 spiro atoms. The quantitative estimate of drug-likeness (QED) is 0.628. The van der Waals surface area contributed by atoms with Crippen molar-refractivity contribution in [1.82, 2.24) is 24.8 Å². The van der Waals surface area contributed by atoms with E-state index in [2.05, 4.69) is 15.2 Å². The van der Waals surface area contributed by atoms with Gasteiger partial charge < -0.3 is 18.9 Å². The molecule has 1 aliphatic heterocycles. The summed E-state index contributed by atoms with van der Waals surface area (Å²) in [6, 6.07) is 5.51. The first-order valence-corrected chi connectivity index (χ1v) is 9.39. The largest absolute Gasteiger partial charge is 0.471 e. The maximum Gasteiger partial charge on any atom is 0.276 e. The molecule has 0 saturated heterocycles. The van der Waals surface area contributed by atoms with Crippen molar-refractivity contribution in [3.05, 3.63) is 58.4 Å². The molecular formula is C20H23N5O4. The highest BCUT2D eigenvalue weighted by molar-refractivity contribution is 5.94. The average Bonchev–Trinajstić information content (AvgIpc) is 3.26. The summed E-state index contributed by atoms with van der Waals surface area (Å²) >= 11 is 0. The molecule has 0 atom stereocenters. The molecule has 9 heteroatoms. The fourth-order valence-corrected chi connectivity index (χ4v) is 3.56. The van der Waals surface area contributed by atoms with Crippen molar-refractivity contribution in [1.29, 1.82) is 0 Å². The number of hydrogen-bond acceptors (Lipinski definition) is 7. The Labute approximate surface area is 168 Å². The standard InChI is InChI=1S/C20H23N5O4/c1-13-15(11-27-3)19(23-29-13)20(26)25-9-7-17-14(10-25)16(22-24(17)2)12-28-18-6-4-5-8-21-18/h4-6,8H,7,9-12H2,1-3H3. The van der Waals surface area contributed by atoms with Crippen LogP contribution in [0.5, 0.6) is 5.88 Å². The van der Waals surface area contributed by atoms with Crippen LogP contribution in [0.2, 0.25) is 0 Å². The molecule has 0 aliphatic carbocycles. The van der Waals surface area contributed by atoms with E-state index in [1.54, 1.807) is 31.2 Å². The van der Waals surface area contributed by atoms with Gasteiger partial charge in [0.05, 0.1) is 12.2 Å². The van der Waals surface area contributed by atoms with Crippen molar-refractivity contribution in [2.45, 2.75) is 33.1 Å². The van der Waals surface area contributed by atoms with Gasteiger partial charge in [-0.2, -0.15) is 5.10 Å². The lowest BCUT2D eigenvalue weighted by Crippen LogP contribution is -2.37. The average molecular weight is 397 g/mol. The third-order valence-corrected chi connectivity index (χ3v) is 5.08. The second-order valence-electron chi connectivity index (χ2n) is 6.93. The lowest BCUT2D eigenvalue weighted by Gasteiger charge is -2.27. The molecule has 0 N–H and O–H groups in total. The molecular weight excluding hydrogens is 374 g/mol. The third-order valence-electron chi connectivity index (χ3n) is 5.08. The first kappa shape index (κ1) is 19.1. The normalized spacial score (nSPS) is 13.4. The van der Waals surface area contributed by atoms with Crippen LogP contribution >= 0.6 is 0 Å². The van der Waals surface area contributed by atoms with Crippen molar-refractivity contribution in [3.8, 4) is 5.88 Å². The Balaban J connectivity index is 1.54. The van der Waals surface area contributed by atoms with E-state index in [1.807, 2.05) is 23.9 Å². The maximum atomic E-state index is 13.1. The molecule has 152 valence electrons. The Morgan fingerprint density at radius 1 is 1.31 bits per heavy atom. The van der Waals surface area contributed by atoms with Crippen LogP contribution in [0.3, 0.4) is 0 Å². The van der Waals surface area contributed by atoms with Crippen LogP contribution in [0.1, 0.15) is 38.8 Å². The molecule has 1 aliphatic rings. The number of methoxy groups -OCH3 is 1. The first-order valence-electron chi connectivity index (χ1n) is 9.39. The van der Waals surface area contributed by atoms with Gasteiger partial charge in [0.25, 0.3) is 5.91 Å². The van der Waals surface area contributed by atoms with E-state index >= 15 is 0 Å². The van der Waals surface area contributed by atoms with Crippen molar-refractivity contribution in [2.24, 2.45) is 7.05 Å². The lowest BCUT2D eigenvalue weighted by atomic mass is 10.0. The van der Waals surface area contributed by atoms with Gasteiger partial charge in [0, 0.05) is 57.2 Å². The van der Waals surface area contributed by atoms with Gasteiger partial charge >= 0.3 is 0 Å². The van der Waals surface area contributed by atoms with Crippen LogP contribution in [-0.4, -0.2) is 44.4 Å². The second-order valence-corrected chi connectivity index (χ2v) is 6.93. The summed E-state index contributed by atoms with van der Waals surface area (Å²) < 4.78 is 18.1. The van der Waals surface area contributed by atoms with Crippen LogP contribution in [0.15, 0.2) is 28.9 Å². The zero-order valence-electron chi connectivity index (χ0n) is 16.7. The zero-order valence-corrected chi connectivity index (χ0v) is 16.7. The number of pyridine rings is 1. The number of ether oxygens (including phenoxy) is 2. The minimum atomic E-state index is -0.167. The van der Waals surface area contributed by atoms with Crippen LogP contribution < -0.4 is 4.74 Å². The summed E-state index contributed by atoms with van der Waals surface area (Å²) in [5.41, 5.74) is 3.92. The van der Waals surface area contributed by atoms with Gasteiger partial charge in [-0.3, -0.25) is 9.48 Å². The Bertz CT molecular complexity index is 1010. The lowest BCUT2D eigenvalue weighted by molar-refractivity contribution is 0.0717.